The van der Waals surface area contributed by atoms with Gasteiger partial charge in [-0.3, -0.25) is 14.5 Å². The van der Waals surface area contributed by atoms with Gasteiger partial charge in [0.1, 0.15) is 11.6 Å². The number of nitrogens with zero attached hydrogens (tertiary/aromatic N) is 1. The number of rotatable bonds is 6. The van der Waals surface area contributed by atoms with Crippen molar-refractivity contribution >= 4 is 27.6 Å². The molecule has 0 bridgehead atoms. The minimum absolute atomic E-state index is 0.110. The van der Waals surface area contributed by atoms with Crippen molar-refractivity contribution in [3.05, 3.63) is 64.6 Å². The largest absolute Gasteiger partial charge is 0.437 e. The summed E-state index contributed by atoms with van der Waals surface area (Å²) in [6.07, 6.45) is 2.36. The van der Waals surface area contributed by atoms with Gasteiger partial charge in [-0.05, 0) is 30.3 Å². The van der Waals surface area contributed by atoms with Crippen molar-refractivity contribution < 1.29 is 31.1 Å². The molecular formula is C19H20F3N3O4S. The maximum Gasteiger partial charge on any atom is 0.271 e. The lowest BCUT2D eigenvalue weighted by atomic mass is 9.98. The molecular weight excluding hydrogens is 423 g/mol. The Morgan fingerprint density at radius 1 is 1.27 bits per heavy atom. The van der Waals surface area contributed by atoms with Crippen molar-refractivity contribution in [1.82, 2.24) is 9.62 Å². The van der Waals surface area contributed by atoms with Crippen molar-refractivity contribution in [3.8, 4) is 0 Å². The average Bonchev–Trinajstić information content (AvgIpc) is 2.95. The molecule has 1 amide bonds. The first-order valence-electron chi connectivity index (χ1n) is 8.50. The van der Waals surface area contributed by atoms with Crippen molar-refractivity contribution in [2.75, 3.05) is 20.4 Å². The summed E-state index contributed by atoms with van der Waals surface area (Å²) < 4.78 is 70.8. The van der Waals surface area contributed by atoms with Crippen molar-refractivity contribution in [1.29, 1.82) is 5.41 Å². The number of hydrogen-bond acceptors (Lipinski definition) is 5. The standard InChI is InChI=1S/C19H20F3N3O4S/c1-19(21,22)12(10-25(3)30(4,27)28)9-14-15(18(26)24-2)16(29-17(14)23)11-5-7-13(20)8-6-11/h5-10,23H,1-4H3,(H,24,26). The second-order valence-electron chi connectivity index (χ2n) is 6.53. The van der Waals surface area contributed by atoms with E-state index in [9.17, 15) is 26.4 Å². The van der Waals surface area contributed by atoms with Crippen LogP contribution in [0, 0.1) is 11.2 Å². The minimum Gasteiger partial charge on any atom is -0.437 e. The molecule has 162 valence electrons. The molecule has 1 aromatic carbocycles. The molecule has 0 saturated heterocycles. The number of nitrogens with one attached hydrogen (secondary N) is 2. The van der Waals surface area contributed by atoms with Gasteiger partial charge in [-0.2, -0.15) is 0 Å². The lowest BCUT2D eigenvalue weighted by Crippen LogP contribution is -2.24. The number of allylic oxidation sites excluding steroid dienone is 2. The van der Waals surface area contributed by atoms with Gasteiger partial charge in [0.15, 0.2) is 0 Å². The number of ether oxygens (including phenoxy) is 1. The van der Waals surface area contributed by atoms with Crippen molar-refractivity contribution in [2.45, 2.75) is 12.8 Å². The Labute approximate surface area is 172 Å². The summed E-state index contributed by atoms with van der Waals surface area (Å²) in [5.41, 5.74) is -1.000. The van der Waals surface area contributed by atoms with E-state index < -0.39 is 39.1 Å². The van der Waals surface area contributed by atoms with Crippen LogP contribution in [0.2, 0.25) is 0 Å². The van der Waals surface area contributed by atoms with E-state index in [0.717, 1.165) is 31.5 Å². The van der Waals surface area contributed by atoms with Crippen LogP contribution >= 0.6 is 0 Å². The van der Waals surface area contributed by atoms with Crippen molar-refractivity contribution in [2.24, 2.45) is 0 Å². The molecule has 7 nitrogen and oxygen atoms in total. The molecule has 1 aromatic rings. The Kier molecular flexibility index (Phi) is 6.45. The molecule has 0 spiro atoms. The summed E-state index contributed by atoms with van der Waals surface area (Å²) in [6.45, 7) is 0.551. The van der Waals surface area contributed by atoms with Gasteiger partial charge in [-0.25, -0.2) is 21.6 Å². The smallest absolute Gasteiger partial charge is 0.271 e. The number of halogens is 3. The quantitative estimate of drug-likeness (QED) is 0.706. The van der Waals surface area contributed by atoms with E-state index >= 15 is 0 Å². The zero-order valence-electron chi connectivity index (χ0n) is 16.6. The Morgan fingerprint density at radius 2 is 1.83 bits per heavy atom. The van der Waals surface area contributed by atoms with Crippen LogP contribution in [0.4, 0.5) is 13.2 Å². The molecule has 0 saturated carbocycles. The van der Waals surface area contributed by atoms with E-state index in [2.05, 4.69) is 5.32 Å². The third kappa shape index (κ3) is 5.09. The number of benzene rings is 1. The van der Waals surface area contributed by atoms with E-state index in [1.807, 2.05) is 0 Å². The summed E-state index contributed by atoms with van der Waals surface area (Å²) in [5, 5.41) is 10.4. The maximum absolute atomic E-state index is 14.2. The fourth-order valence-corrected chi connectivity index (χ4v) is 2.77. The van der Waals surface area contributed by atoms with Crippen molar-refractivity contribution in [3.63, 3.8) is 0 Å². The third-order valence-corrected chi connectivity index (χ3v) is 5.31. The number of hydrogen-bond donors (Lipinski definition) is 2. The van der Waals surface area contributed by atoms with Crippen LogP contribution in [-0.2, 0) is 19.6 Å². The van der Waals surface area contributed by atoms with Crippen LogP contribution in [0.15, 0.2) is 53.3 Å². The second kappa shape index (κ2) is 8.34. The van der Waals surface area contributed by atoms with Crippen LogP contribution in [0.3, 0.4) is 0 Å². The van der Waals surface area contributed by atoms with E-state index in [1.165, 1.54) is 19.2 Å². The Hall–Kier alpha value is -3.08. The van der Waals surface area contributed by atoms with Gasteiger partial charge in [0, 0.05) is 38.4 Å². The third-order valence-electron chi connectivity index (χ3n) is 4.16. The number of carbonyl (C=O) groups is 1. The predicted molar refractivity (Wildman–Crippen MR) is 106 cm³/mol. The summed E-state index contributed by atoms with van der Waals surface area (Å²) >= 11 is 0. The first-order chi connectivity index (χ1) is 13.8. The van der Waals surface area contributed by atoms with E-state index in [0.29, 0.717) is 17.4 Å². The first kappa shape index (κ1) is 23.2. The molecule has 0 unspecified atom stereocenters. The molecule has 1 heterocycles. The van der Waals surface area contributed by atoms with Gasteiger partial charge in [0.25, 0.3) is 11.8 Å². The molecule has 2 rings (SSSR count). The van der Waals surface area contributed by atoms with Gasteiger partial charge in [0.2, 0.25) is 15.9 Å². The number of carbonyl (C=O) groups excluding carboxylic acids is 1. The molecule has 30 heavy (non-hydrogen) atoms. The molecule has 0 aliphatic carbocycles. The molecule has 0 radical (unpaired) electrons. The Balaban J connectivity index is 2.72. The fourth-order valence-electron chi connectivity index (χ4n) is 2.46. The summed E-state index contributed by atoms with van der Waals surface area (Å²) in [7, 11) is -1.43. The summed E-state index contributed by atoms with van der Waals surface area (Å²) in [5.74, 6) is -5.47. The summed E-state index contributed by atoms with van der Waals surface area (Å²) in [4.78, 5) is 12.5. The zero-order chi connectivity index (χ0) is 22.9. The second-order valence-corrected chi connectivity index (χ2v) is 8.57. The van der Waals surface area contributed by atoms with E-state index in [1.54, 1.807) is 0 Å². The van der Waals surface area contributed by atoms with Crippen LogP contribution in [0.25, 0.3) is 5.76 Å². The average molecular weight is 443 g/mol. The van der Waals surface area contributed by atoms with Gasteiger partial charge in [-0.15, -0.1) is 0 Å². The van der Waals surface area contributed by atoms with Gasteiger partial charge in [0.05, 0.1) is 17.4 Å². The van der Waals surface area contributed by atoms with Crippen LogP contribution in [-0.4, -0.2) is 50.8 Å². The topological polar surface area (TPSA) is 99.6 Å². The monoisotopic (exact) mass is 443 g/mol. The number of likely N-dealkylation sites (N-methyl/N-ethyl adjacent to an activating group) is 1. The summed E-state index contributed by atoms with van der Waals surface area (Å²) in [6, 6.07) is 4.86. The van der Waals surface area contributed by atoms with Gasteiger partial charge < -0.3 is 10.1 Å². The molecule has 1 aliphatic heterocycles. The highest BCUT2D eigenvalue weighted by Crippen LogP contribution is 2.36. The predicted octanol–water partition coefficient (Wildman–Crippen LogP) is 2.65. The molecule has 0 aromatic heterocycles. The Morgan fingerprint density at radius 3 is 2.30 bits per heavy atom. The number of sulfonamides is 1. The highest BCUT2D eigenvalue weighted by Gasteiger charge is 2.35. The lowest BCUT2D eigenvalue weighted by Gasteiger charge is -2.18. The maximum atomic E-state index is 14.2. The molecule has 11 heteroatoms. The van der Waals surface area contributed by atoms with E-state index in [4.69, 9.17) is 10.1 Å². The normalized spacial score (nSPS) is 16.7. The zero-order valence-corrected chi connectivity index (χ0v) is 17.4. The molecule has 0 atom stereocenters. The lowest BCUT2D eigenvalue weighted by molar-refractivity contribution is -0.116. The molecule has 1 aliphatic rings. The number of amides is 1. The van der Waals surface area contributed by atoms with Crippen LogP contribution in [0.5, 0.6) is 0 Å². The highest BCUT2D eigenvalue weighted by atomic mass is 32.2. The van der Waals surface area contributed by atoms with Crippen LogP contribution in [0.1, 0.15) is 12.5 Å². The van der Waals surface area contributed by atoms with E-state index in [-0.39, 0.29) is 22.5 Å². The molecule has 0 fully saturated rings. The van der Waals surface area contributed by atoms with Gasteiger partial charge >= 0.3 is 0 Å². The van der Waals surface area contributed by atoms with Gasteiger partial charge in [-0.1, -0.05) is 0 Å². The first-order valence-corrected chi connectivity index (χ1v) is 10.3. The van der Waals surface area contributed by atoms with Crippen LogP contribution < -0.4 is 5.32 Å². The minimum atomic E-state index is -3.82. The molecule has 2 N–H and O–H groups in total. The Bertz CT molecular complexity index is 1070. The SMILES string of the molecule is CNC(=O)C1=C(c2ccc(F)cc2)OC(=N)C1=CC(=CN(C)S(C)(=O)=O)C(C)(F)F. The highest BCUT2D eigenvalue weighted by molar-refractivity contribution is 7.88. The number of alkyl halides is 2. The fraction of sp³-hybridized carbons (Fsp3) is 0.263.